The molecule has 2 nitrogen and oxygen atoms in total. The third kappa shape index (κ3) is 1.43. The first-order valence-corrected chi connectivity index (χ1v) is 6.22. The van der Waals surface area contributed by atoms with Crippen LogP contribution in [-0.4, -0.2) is 4.98 Å². The molecule has 3 rings (SSSR count). The van der Waals surface area contributed by atoms with E-state index >= 15 is 0 Å². The van der Waals surface area contributed by atoms with Gasteiger partial charge >= 0.3 is 0 Å². The predicted octanol–water partition coefficient (Wildman–Crippen LogP) is 3.17. The van der Waals surface area contributed by atoms with Crippen molar-refractivity contribution in [1.82, 2.24) is 4.98 Å². The first kappa shape index (κ1) is 9.56. The van der Waals surface area contributed by atoms with E-state index in [9.17, 15) is 0 Å². The maximum absolute atomic E-state index is 8.98. The summed E-state index contributed by atoms with van der Waals surface area (Å²) in [5, 5.41) is 8.98. The van der Waals surface area contributed by atoms with Crippen LogP contribution < -0.4 is 0 Å². The number of aromatic nitrogens is 1. The highest BCUT2D eigenvalue weighted by atomic mass is 32.1. The Morgan fingerprint density at radius 1 is 1.25 bits per heavy atom. The standard InChI is InChI=1S/C13H10N2S/c14-7-12-13(15-8-16-12)11-5-4-9-2-1-3-10(9)6-11/h4-6,8H,1-3H2. The van der Waals surface area contributed by atoms with Gasteiger partial charge in [-0.3, -0.25) is 0 Å². The Labute approximate surface area is 98.2 Å². The Bertz CT molecular complexity index is 578. The van der Waals surface area contributed by atoms with Crippen LogP contribution >= 0.6 is 11.3 Å². The van der Waals surface area contributed by atoms with Crippen molar-refractivity contribution in [2.75, 3.05) is 0 Å². The van der Waals surface area contributed by atoms with Crippen LogP contribution in [0.1, 0.15) is 22.4 Å². The summed E-state index contributed by atoms with van der Waals surface area (Å²) in [5.41, 5.74) is 6.54. The number of rotatable bonds is 1. The van der Waals surface area contributed by atoms with E-state index in [0.717, 1.165) is 17.7 Å². The van der Waals surface area contributed by atoms with Crippen LogP contribution in [0, 0.1) is 11.3 Å². The second kappa shape index (κ2) is 3.73. The van der Waals surface area contributed by atoms with Crippen LogP contribution in [0.4, 0.5) is 0 Å². The van der Waals surface area contributed by atoms with Crippen molar-refractivity contribution in [2.45, 2.75) is 19.3 Å². The highest BCUT2D eigenvalue weighted by Gasteiger charge is 2.14. The van der Waals surface area contributed by atoms with Crippen LogP contribution in [0.15, 0.2) is 23.7 Å². The van der Waals surface area contributed by atoms with Gasteiger partial charge in [-0.1, -0.05) is 12.1 Å². The lowest BCUT2D eigenvalue weighted by Crippen LogP contribution is -1.86. The summed E-state index contributed by atoms with van der Waals surface area (Å²) in [6.07, 6.45) is 3.61. The first-order chi connectivity index (χ1) is 7.88. The van der Waals surface area contributed by atoms with E-state index in [0.29, 0.717) is 4.88 Å². The maximum atomic E-state index is 8.98. The Morgan fingerprint density at radius 2 is 2.12 bits per heavy atom. The van der Waals surface area contributed by atoms with Gasteiger partial charge < -0.3 is 0 Å². The SMILES string of the molecule is N#Cc1scnc1-c1ccc2c(c1)CCC2. The zero-order valence-electron chi connectivity index (χ0n) is 8.73. The number of hydrogen-bond donors (Lipinski definition) is 0. The Hall–Kier alpha value is -1.66. The lowest BCUT2D eigenvalue weighted by molar-refractivity contribution is 0.912. The van der Waals surface area contributed by atoms with Gasteiger partial charge in [0, 0.05) is 5.56 Å². The van der Waals surface area contributed by atoms with E-state index in [1.165, 1.54) is 35.3 Å². The first-order valence-electron chi connectivity index (χ1n) is 5.34. The maximum Gasteiger partial charge on any atom is 0.132 e. The minimum absolute atomic E-state index is 0.706. The Kier molecular flexibility index (Phi) is 2.23. The number of thiazole rings is 1. The molecule has 16 heavy (non-hydrogen) atoms. The van der Waals surface area contributed by atoms with Crippen molar-refractivity contribution in [3.8, 4) is 17.3 Å². The summed E-state index contributed by atoms with van der Waals surface area (Å²) in [6, 6.07) is 8.65. The number of fused-ring (bicyclic) bond motifs is 1. The van der Waals surface area contributed by atoms with Gasteiger partial charge in [-0.25, -0.2) is 4.98 Å². The molecule has 0 radical (unpaired) electrons. The van der Waals surface area contributed by atoms with Crippen molar-refractivity contribution in [3.05, 3.63) is 39.7 Å². The largest absolute Gasteiger partial charge is 0.243 e. The average Bonchev–Trinajstić information content (AvgIpc) is 2.96. The van der Waals surface area contributed by atoms with Crippen molar-refractivity contribution >= 4 is 11.3 Å². The number of benzene rings is 1. The van der Waals surface area contributed by atoms with E-state index in [1.807, 2.05) is 0 Å². The van der Waals surface area contributed by atoms with Crippen LogP contribution in [0.2, 0.25) is 0 Å². The van der Waals surface area contributed by atoms with Crippen molar-refractivity contribution < 1.29 is 0 Å². The molecule has 2 aromatic rings. The molecular weight excluding hydrogens is 216 g/mol. The van der Waals surface area contributed by atoms with Crippen LogP contribution in [0.3, 0.4) is 0 Å². The van der Waals surface area contributed by atoms with Crippen molar-refractivity contribution in [1.29, 1.82) is 5.26 Å². The summed E-state index contributed by atoms with van der Waals surface area (Å²) >= 11 is 1.41. The molecule has 1 heterocycles. The summed E-state index contributed by atoms with van der Waals surface area (Å²) < 4.78 is 0. The molecule has 0 fully saturated rings. The number of nitriles is 1. The van der Waals surface area contributed by atoms with E-state index in [2.05, 4.69) is 29.3 Å². The van der Waals surface area contributed by atoms with Gasteiger partial charge in [-0.05, 0) is 36.5 Å². The van der Waals surface area contributed by atoms with E-state index in [4.69, 9.17) is 5.26 Å². The van der Waals surface area contributed by atoms with Gasteiger partial charge in [0.2, 0.25) is 0 Å². The van der Waals surface area contributed by atoms with E-state index < -0.39 is 0 Å². The molecule has 1 aromatic carbocycles. The van der Waals surface area contributed by atoms with Crippen LogP contribution in [0.5, 0.6) is 0 Å². The molecule has 0 saturated heterocycles. The number of nitrogens with zero attached hydrogens (tertiary/aromatic N) is 2. The summed E-state index contributed by atoms with van der Waals surface area (Å²) in [7, 11) is 0. The summed E-state index contributed by atoms with van der Waals surface area (Å²) in [5.74, 6) is 0. The monoisotopic (exact) mass is 226 g/mol. The highest BCUT2D eigenvalue weighted by Crippen LogP contribution is 2.30. The lowest BCUT2D eigenvalue weighted by atomic mass is 10.0. The second-order valence-corrected chi connectivity index (χ2v) is 4.83. The molecule has 1 aromatic heterocycles. The molecule has 1 aliphatic carbocycles. The lowest BCUT2D eigenvalue weighted by Gasteiger charge is -2.02. The second-order valence-electron chi connectivity index (χ2n) is 3.98. The fourth-order valence-electron chi connectivity index (χ4n) is 2.25. The zero-order valence-corrected chi connectivity index (χ0v) is 9.55. The van der Waals surface area contributed by atoms with Crippen LogP contribution in [0.25, 0.3) is 11.3 Å². The third-order valence-electron chi connectivity index (χ3n) is 3.04. The highest BCUT2D eigenvalue weighted by molar-refractivity contribution is 7.10. The molecule has 1 aliphatic rings. The molecular formula is C13H10N2S. The van der Waals surface area contributed by atoms with Crippen molar-refractivity contribution in [2.24, 2.45) is 0 Å². The van der Waals surface area contributed by atoms with Crippen LogP contribution in [-0.2, 0) is 12.8 Å². The third-order valence-corrected chi connectivity index (χ3v) is 3.77. The molecule has 0 atom stereocenters. The van der Waals surface area contributed by atoms with Gasteiger partial charge in [0.15, 0.2) is 0 Å². The molecule has 0 spiro atoms. The van der Waals surface area contributed by atoms with Gasteiger partial charge in [0.25, 0.3) is 0 Å². The molecule has 0 amide bonds. The predicted molar refractivity (Wildman–Crippen MR) is 64.3 cm³/mol. The Balaban J connectivity index is 2.11. The molecule has 3 heteroatoms. The molecule has 0 bridgehead atoms. The average molecular weight is 226 g/mol. The fraction of sp³-hybridized carbons (Fsp3) is 0.231. The normalized spacial score (nSPS) is 13.4. The Morgan fingerprint density at radius 3 is 3.00 bits per heavy atom. The molecule has 0 aliphatic heterocycles. The molecule has 78 valence electrons. The minimum Gasteiger partial charge on any atom is -0.243 e. The van der Waals surface area contributed by atoms with Gasteiger partial charge in [-0.2, -0.15) is 5.26 Å². The number of aryl methyl sites for hydroxylation is 2. The minimum atomic E-state index is 0.706. The van der Waals surface area contributed by atoms with Gasteiger partial charge in [0.05, 0.1) is 11.2 Å². The quantitative estimate of drug-likeness (QED) is 0.748. The van der Waals surface area contributed by atoms with E-state index in [-0.39, 0.29) is 0 Å². The summed E-state index contributed by atoms with van der Waals surface area (Å²) in [4.78, 5) is 4.99. The van der Waals surface area contributed by atoms with Gasteiger partial charge in [0.1, 0.15) is 10.9 Å². The molecule has 0 unspecified atom stereocenters. The number of hydrogen-bond acceptors (Lipinski definition) is 3. The molecule has 0 N–H and O–H groups in total. The molecule has 0 saturated carbocycles. The topological polar surface area (TPSA) is 36.7 Å². The smallest absolute Gasteiger partial charge is 0.132 e. The van der Waals surface area contributed by atoms with Gasteiger partial charge in [-0.15, -0.1) is 11.3 Å². The fourth-order valence-corrected chi connectivity index (χ4v) is 2.85. The summed E-state index contributed by atoms with van der Waals surface area (Å²) in [6.45, 7) is 0. The van der Waals surface area contributed by atoms with Crippen molar-refractivity contribution in [3.63, 3.8) is 0 Å². The van der Waals surface area contributed by atoms with E-state index in [1.54, 1.807) is 5.51 Å². The zero-order chi connectivity index (χ0) is 11.0.